The predicted molar refractivity (Wildman–Crippen MR) is 50.9 cm³/mol. The fraction of sp³-hybridized carbons (Fsp3) is 0.417. The molecular formula is C12H12O. The van der Waals surface area contributed by atoms with E-state index in [1.165, 1.54) is 18.4 Å². The van der Waals surface area contributed by atoms with Crippen molar-refractivity contribution in [2.75, 3.05) is 0 Å². The van der Waals surface area contributed by atoms with Crippen molar-refractivity contribution in [3.05, 3.63) is 35.4 Å². The van der Waals surface area contributed by atoms with Crippen LogP contribution in [-0.4, -0.2) is 5.78 Å². The Hall–Kier alpha value is -1.11. The molecule has 0 saturated heterocycles. The van der Waals surface area contributed by atoms with Crippen LogP contribution in [-0.2, 0) is 0 Å². The van der Waals surface area contributed by atoms with Gasteiger partial charge in [0.1, 0.15) is 0 Å². The Morgan fingerprint density at radius 2 is 1.92 bits per heavy atom. The number of Topliss-reactive ketones (excluding diaryl/α,β-unsaturated/α-hetero) is 1. The molecule has 13 heavy (non-hydrogen) atoms. The highest BCUT2D eigenvalue weighted by molar-refractivity contribution is 5.98. The largest absolute Gasteiger partial charge is 0.294 e. The number of carbonyl (C=O) groups is 1. The normalized spacial score (nSPS) is 30.3. The van der Waals surface area contributed by atoms with Gasteiger partial charge in [-0.25, -0.2) is 0 Å². The first-order valence-electron chi connectivity index (χ1n) is 4.96. The van der Waals surface area contributed by atoms with Crippen LogP contribution in [0.4, 0.5) is 0 Å². The Bertz CT molecular complexity index is 361. The molecule has 1 saturated carbocycles. The third kappa shape index (κ3) is 0.963. The molecule has 1 aromatic carbocycles. The zero-order valence-corrected chi connectivity index (χ0v) is 7.49. The van der Waals surface area contributed by atoms with Gasteiger partial charge in [-0.2, -0.15) is 0 Å². The highest BCUT2D eigenvalue weighted by Gasteiger charge is 2.37. The number of benzene rings is 1. The molecule has 0 aliphatic heterocycles. The number of hydrogen-bond donors (Lipinski definition) is 0. The van der Waals surface area contributed by atoms with Crippen molar-refractivity contribution >= 4 is 5.78 Å². The third-order valence-corrected chi connectivity index (χ3v) is 3.41. The van der Waals surface area contributed by atoms with Crippen LogP contribution in [0.5, 0.6) is 0 Å². The summed E-state index contributed by atoms with van der Waals surface area (Å²) in [5.74, 6) is 1.73. The summed E-state index contributed by atoms with van der Waals surface area (Å²) in [5, 5.41) is 0. The second-order valence-corrected chi connectivity index (χ2v) is 4.25. The van der Waals surface area contributed by atoms with E-state index < -0.39 is 0 Å². The number of fused-ring (bicyclic) bond motifs is 1. The lowest BCUT2D eigenvalue weighted by Crippen LogP contribution is -2.19. The molecule has 0 unspecified atom stereocenters. The Morgan fingerprint density at radius 3 is 2.77 bits per heavy atom. The summed E-state index contributed by atoms with van der Waals surface area (Å²) in [4.78, 5) is 11.7. The van der Waals surface area contributed by atoms with Crippen LogP contribution >= 0.6 is 0 Å². The Labute approximate surface area is 77.8 Å². The fourth-order valence-electron chi connectivity index (χ4n) is 2.64. The zero-order valence-electron chi connectivity index (χ0n) is 7.49. The monoisotopic (exact) mass is 172 g/mol. The minimum absolute atomic E-state index is 0.362. The van der Waals surface area contributed by atoms with Crippen LogP contribution in [0, 0.1) is 5.92 Å². The van der Waals surface area contributed by atoms with E-state index in [1.807, 2.05) is 18.2 Å². The van der Waals surface area contributed by atoms with Gasteiger partial charge in [-0.05, 0) is 30.2 Å². The zero-order chi connectivity index (χ0) is 8.84. The Balaban J connectivity index is 2.17. The molecule has 66 valence electrons. The molecule has 1 fully saturated rings. The van der Waals surface area contributed by atoms with Gasteiger partial charge in [-0.1, -0.05) is 24.3 Å². The molecule has 0 spiro atoms. The Kier molecular flexibility index (Phi) is 1.37. The highest BCUT2D eigenvalue weighted by Crippen LogP contribution is 2.47. The molecule has 2 bridgehead atoms. The molecule has 0 heterocycles. The van der Waals surface area contributed by atoms with Gasteiger partial charge in [0.25, 0.3) is 0 Å². The van der Waals surface area contributed by atoms with Crippen molar-refractivity contribution in [2.24, 2.45) is 5.92 Å². The molecule has 0 amide bonds. The molecule has 4 rings (SSSR count). The van der Waals surface area contributed by atoms with Crippen molar-refractivity contribution in [1.82, 2.24) is 0 Å². The second-order valence-electron chi connectivity index (χ2n) is 4.25. The minimum Gasteiger partial charge on any atom is -0.294 e. The van der Waals surface area contributed by atoms with Gasteiger partial charge in [-0.15, -0.1) is 0 Å². The third-order valence-electron chi connectivity index (χ3n) is 3.41. The van der Waals surface area contributed by atoms with Gasteiger partial charge in [0.05, 0.1) is 0 Å². The smallest absolute Gasteiger partial charge is 0.163 e. The highest BCUT2D eigenvalue weighted by atomic mass is 16.1. The topological polar surface area (TPSA) is 17.1 Å². The molecule has 0 N–H and O–H groups in total. The average molecular weight is 172 g/mol. The lowest BCUT2D eigenvalue weighted by atomic mass is 9.72. The van der Waals surface area contributed by atoms with Crippen molar-refractivity contribution in [3.8, 4) is 0 Å². The molecule has 3 aliphatic rings. The van der Waals surface area contributed by atoms with Gasteiger partial charge in [-0.3, -0.25) is 4.79 Å². The van der Waals surface area contributed by atoms with Gasteiger partial charge >= 0.3 is 0 Å². The van der Waals surface area contributed by atoms with Gasteiger partial charge in [0, 0.05) is 12.0 Å². The van der Waals surface area contributed by atoms with Gasteiger partial charge in [0.2, 0.25) is 0 Å². The maximum absolute atomic E-state index is 11.7. The van der Waals surface area contributed by atoms with E-state index in [9.17, 15) is 4.79 Å². The molecule has 0 aromatic heterocycles. The summed E-state index contributed by atoms with van der Waals surface area (Å²) >= 11 is 0. The van der Waals surface area contributed by atoms with Crippen LogP contribution in [0.2, 0.25) is 0 Å². The lowest BCUT2D eigenvalue weighted by molar-refractivity contribution is 0.0946. The summed E-state index contributed by atoms with van der Waals surface area (Å²) in [6.07, 6.45) is 3.26. The second kappa shape index (κ2) is 2.44. The predicted octanol–water partition coefficient (Wildman–Crippen LogP) is 2.77. The quantitative estimate of drug-likeness (QED) is 0.588. The summed E-state index contributed by atoms with van der Waals surface area (Å²) in [7, 11) is 0. The first kappa shape index (κ1) is 7.31. The molecule has 1 nitrogen and oxygen atoms in total. The van der Waals surface area contributed by atoms with Crippen molar-refractivity contribution < 1.29 is 4.79 Å². The number of carbonyl (C=O) groups excluding carboxylic acids is 1. The molecular weight excluding hydrogens is 160 g/mol. The van der Waals surface area contributed by atoms with E-state index in [0.717, 1.165) is 12.0 Å². The molecule has 1 aromatic rings. The van der Waals surface area contributed by atoms with Gasteiger partial charge in [0.15, 0.2) is 5.78 Å². The number of rotatable bonds is 0. The summed E-state index contributed by atoms with van der Waals surface area (Å²) in [6.45, 7) is 0. The van der Waals surface area contributed by atoms with E-state index >= 15 is 0 Å². The van der Waals surface area contributed by atoms with Crippen LogP contribution in [0.1, 0.15) is 41.1 Å². The van der Waals surface area contributed by atoms with Crippen molar-refractivity contribution in [2.45, 2.75) is 25.2 Å². The molecule has 0 atom stereocenters. The summed E-state index contributed by atoms with van der Waals surface area (Å²) in [6, 6.07) is 8.13. The van der Waals surface area contributed by atoms with Gasteiger partial charge < -0.3 is 0 Å². The van der Waals surface area contributed by atoms with E-state index in [0.29, 0.717) is 17.6 Å². The lowest BCUT2D eigenvalue weighted by Gasteiger charge is -2.32. The van der Waals surface area contributed by atoms with E-state index in [-0.39, 0.29) is 0 Å². The first-order valence-corrected chi connectivity index (χ1v) is 4.96. The summed E-state index contributed by atoms with van der Waals surface area (Å²) < 4.78 is 0. The van der Waals surface area contributed by atoms with Crippen LogP contribution in [0.3, 0.4) is 0 Å². The fourth-order valence-corrected chi connectivity index (χ4v) is 2.64. The first-order chi connectivity index (χ1) is 6.34. The number of ketones is 1. The standard InChI is InChI=1S/C12H12O/c13-12-7-8-5-9(6-8)10-3-1-2-4-11(10)12/h1-4,8-9H,5-7H2. The SMILES string of the molecule is O=C1CC2CC(C2)c2ccccc21. The number of hydrogen-bond acceptors (Lipinski definition) is 1. The minimum atomic E-state index is 0.362. The van der Waals surface area contributed by atoms with Crippen molar-refractivity contribution in [3.63, 3.8) is 0 Å². The van der Waals surface area contributed by atoms with E-state index in [1.54, 1.807) is 0 Å². The van der Waals surface area contributed by atoms with Crippen molar-refractivity contribution in [1.29, 1.82) is 0 Å². The van der Waals surface area contributed by atoms with Crippen LogP contribution in [0.25, 0.3) is 0 Å². The van der Waals surface area contributed by atoms with E-state index in [2.05, 4.69) is 6.07 Å². The summed E-state index contributed by atoms with van der Waals surface area (Å²) in [5.41, 5.74) is 2.30. The molecule has 3 aliphatic carbocycles. The molecule has 0 radical (unpaired) electrons. The van der Waals surface area contributed by atoms with Crippen LogP contribution in [0.15, 0.2) is 24.3 Å². The Morgan fingerprint density at radius 1 is 1.15 bits per heavy atom. The van der Waals surface area contributed by atoms with E-state index in [4.69, 9.17) is 0 Å². The molecule has 1 heteroatoms. The van der Waals surface area contributed by atoms with Crippen LogP contribution < -0.4 is 0 Å². The maximum atomic E-state index is 11.7. The average Bonchev–Trinajstić information content (AvgIpc) is 2.30. The maximum Gasteiger partial charge on any atom is 0.163 e.